The molecule has 0 amide bonds. The van der Waals surface area contributed by atoms with Crippen LogP contribution >= 0.6 is 11.6 Å². The summed E-state index contributed by atoms with van der Waals surface area (Å²) >= 11 is 5.96. The molecule has 1 atom stereocenters. The molecule has 0 aliphatic heterocycles. The van der Waals surface area contributed by atoms with Crippen LogP contribution in [0.2, 0.25) is 5.02 Å². The molecule has 0 fully saturated rings. The van der Waals surface area contributed by atoms with Gasteiger partial charge in [0.15, 0.2) is 0 Å². The second-order valence-electron chi connectivity index (χ2n) is 3.25. The molecule has 16 heavy (non-hydrogen) atoms. The van der Waals surface area contributed by atoms with E-state index in [9.17, 15) is 4.39 Å². The zero-order chi connectivity index (χ0) is 12.1. The van der Waals surface area contributed by atoms with Crippen molar-refractivity contribution in [3.8, 4) is 0 Å². The van der Waals surface area contributed by atoms with E-state index >= 15 is 0 Å². The SMILES string of the molecule is C=C/C=C(\C=C)C(N)c1cc(F)ccc1Cl. The van der Waals surface area contributed by atoms with Gasteiger partial charge in [-0.1, -0.05) is 43.0 Å². The van der Waals surface area contributed by atoms with Crippen molar-refractivity contribution in [2.24, 2.45) is 5.73 Å². The van der Waals surface area contributed by atoms with E-state index in [2.05, 4.69) is 13.2 Å². The van der Waals surface area contributed by atoms with Crippen LogP contribution < -0.4 is 5.73 Å². The van der Waals surface area contributed by atoms with Crippen molar-refractivity contribution in [1.82, 2.24) is 0 Å². The Kier molecular flexibility index (Phi) is 4.47. The molecule has 0 aliphatic rings. The van der Waals surface area contributed by atoms with Gasteiger partial charge < -0.3 is 5.73 Å². The first-order chi connectivity index (χ1) is 7.60. The standard InChI is InChI=1S/C13H13ClFN/c1-3-5-9(4-2)13(16)11-8-10(15)6-7-12(11)14/h3-8,13H,1-2,16H2/b9-5+. The highest BCUT2D eigenvalue weighted by atomic mass is 35.5. The zero-order valence-corrected chi connectivity index (χ0v) is 9.54. The number of rotatable bonds is 4. The highest BCUT2D eigenvalue weighted by molar-refractivity contribution is 6.31. The predicted octanol–water partition coefficient (Wildman–Crippen LogP) is 3.78. The van der Waals surface area contributed by atoms with Crippen molar-refractivity contribution < 1.29 is 4.39 Å². The Balaban J connectivity index is 3.17. The molecule has 2 N–H and O–H groups in total. The first-order valence-corrected chi connectivity index (χ1v) is 5.13. The molecule has 1 aromatic rings. The number of allylic oxidation sites excluding steroid dienone is 2. The van der Waals surface area contributed by atoms with Crippen LogP contribution in [0.1, 0.15) is 11.6 Å². The highest BCUT2D eigenvalue weighted by Gasteiger charge is 2.13. The molecule has 0 bridgehead atoms. The van der Waals surface area contributed by atoms with Crippen molar-refractivity contribution in [1.29, 1.82) is 0 Å². The van der Waals surface area contributed by atoms with Gasteiger partial charge in [-0.05, 0) is 29.3 Å². The van der Waals surface area contributed by atoms with E-state index in [-0.39, 0.29) is 5.82 Å². The minimum atomic E-state index is -0.501. The molecule has 1 rings (SSSR count). The predicted molar refractivity (Wildman–Crippen MR) is 66.8 cm³/mol. The maximum atomic E-state index is 13.1. The van der Waals surface area contributed by atoms with Gasteiger partial charge in [-0.2, -0.15) is 0 Å². The molecule has 3 heteroatoms. The van der Waals surface area contributed by atoms with Gasteiger partial charge in [0.05, 0.1) is 6.04 Å². The fourth-order valence-electron chi connectivity index (χ4n) is 1.37. The summed E-state index contributed by atoms with van der Waals surface area (Å²) in [6.45, 7) is 7.22. The van der Waals surface area contributed by atoms with Gasteiger partial charge >= 0.3 is 0 Å². The fraction of sp³-hybridized carbons (Fsp3) is 0.0769. The highest BCUT2D eigenvalue weighted by Crippen LogP contribution is 2.27. The first kappa shape index (κ1) is 12.7. The van der Waals surface area contributed by atoms with E-state index in [0.717, 1.165) is 5.57 Å². The average molecular weight is 238 g/mol. The summed E-state index contributed by atoms with van der Waals surface area (Å²) in [6.07, 6.45) is 4.93. The topological polar surface area (TPSA) is 26.0 Å². The number of benzene rings is 1. The summed E-state index contributed by atoms with van der Waals surface area (Å²) < 4.78 is 13.1. The Morgan fingerprint density at radius 1 is 1.44 bits per heavy atom. The summed E-state index contributed by atoms with van der Waals surface area (Å²) in [5.41, 5.74) is 7.24. The van der Waals surface area contributed by atoms with E-state index < -0.39 is 6.04 Å². The average Bonchev–Trinajstić information content (AvgIpc) is 2.28. The molecule has 1 nitrogen and oxygen atoms in total. The lowest BCUT2D eigenvalue weighted by Crippen LogP contribution is -2.13. The van der Waals surface area contributed by atoms with E-state index in [4.69, 9.17) is 17.3 Å². The Morgan fingerprint density at radius 3 is 2.69 bits per heavy atom. The van der Waals surface area contributed by atoms with Crippen LogP contribution in [0.25, 0.3) is 0 Å². The molecular weight excluding hydrogens is 225 g/mol. The number of hydrogen-bond donors (Lipinski definition) is 1. The summed E-state index contributed by atoms with van der Waals surface area (Å²) in [5.74, 6) is -0.364. The van der Waals surface area contributed by atoms with Crippen LogP contribution in [0.4, 0.5) is 4.39 Å². The van der Waals surface area contributed by atoms with Crippen LogP contribution in [0, 0.1) is 5.82 Å². The normalized spacial score (nSPS) is 13.3. The number of halogens is 2. The van der Waals surface area contributed by atoms with Gasteiger partial charge in [-0.3, -0.25) is 0 Å². The molecule has 0 radical (unpaired) electrons. The minimum Gasteiger partial charge on any atom is -0.320 e. The zero-order valence-electron chi connectivity index (χ0n) is 8.79. The maximum Gasteiger partial charge on any atom is 0.123 e. The van der Waals surface area contributed by atoms with Gasteiger partial charge in [-0.25, -0.2) is 4.39 Å². The smallest absolute Gasteiger partial charge is 0.123 e. The van der Waals surface area contributed by atoms with Gasteiger partial charge in [0.25, 0.3) is 0 Å². The van der Waals surface area contributed by atoms with Crippen LogP contribution in [-0.2, 0) is 0 Å². The van der Waals surface area contributed by atoms with Gasteiger partial charge in [-0.15, -0.1) is 0 Å². The largest absolute Gasteiger partial charge is 0.320 e. The Morgan fingerprint density at radius 2 is 2.12 bits per heavy atom. The second-order valence-corrected chi connectivity index (χ2v) is 3.66. The second kappa shape index (κ2) is 5.64. The van der Waals surface area contributed by atoms with E-state index in [1.54, 1.807) is 18.2 Å². The summed E-state index contributed by atoms with van der Waals surface area (Å²) in [6, 6.07) is 3.61. The molecule has 84 valence electrons. The van der Waals surface area contributed by atoms with Crippen molar-refractivity contribution in [3.05, 3.63) is 71.6 Å². The van der Waals surface area contributed by atoms with E-state index in [1.165, 1.54) is 18.2 Å². The third-order valence-electron chi connectivity index (χ3n) is 2.20. The van der Waals surface area contributed by atoms with Crippen LogP contribution in [0.5, 0.6) is 0 Å². The molecule has 1 aromatic carbocycles. The van der Waals surface area contributed by atoms with Crippen molar-refractivity contribution in [3.63, 3.8) is 0 Å². The number of nitrogens with two attached hydrogens (primary N) is 1. The quantitative estimate of drug-likeness (QED) is 0.793. The van der Waals surface area contributed by atoms with Gasteiger partial charge in [0.1, 0.15) is 5.82 Å². The third-order valence-corrected chi connectivity index (χ3v) is 2.54. The van der Waals surface area contributed by atoms with Crippen molar-refractivity contribution in [2.75, 3.05) is 0 Å². The summed E-state index contributed by atoms with van der Waals surface area (Å²) in [4.78, 5) is 0. The molecule has 0 aromatic heterocycles. The van der Waals surface area contributed by atoms with Crippen molar-refractivity contribution >= 4 is 11.6 Å². The lowest BCUT2D eigenvalue weighted by molar-refractivity contribution is 0.623. The third kappa shape index (κ3) is 2.81. The van der Waals surface area contributed by atoms with E-state index in [1.807, 2.05) is 0 Å². The number of hydrogen-bond acceptors (Lipinski definition) is 1. The van der Waals surface area contributed by atoms with Crippen molar-refractivity contribution in [2.45, 2.75) is 6.04 Å². The molecular formula is C13H13ClFN. The summed E-state index contributed by atoms with van der Waals surface area (Å²) in [5, 5.41) is 0.436. The molecule has 0 aliphatic carbocycles. The molecule has 0 heterocycles. The van der Waals surface area contributed by atoms with Gasteiger partial charge in [0, 0.05) is 5.02 Å². The minimum absolute atomic E-state index is 0.364. The first-order valence-electron chi connectivity index (χ1n) is 4.75. The molecule has 0 saturated heterocycles. The Hall–Kier alpha value is -1.38. The molecule has 0 saturated carbocycles. The Labute approximate surface area is 99.7 Å². The molecule has 0 spiro atoms. The maximum absolute atomic E-state index is 13.1. The molecule has 1 unspecified atom stereocenters. The summed E-state index contributed by atoms with van der Waals surface area (Å²) in [7, 11) is 0. The van der Waals surface area contributed by atoms with Crippen LogP contribution in [-0.4, -0.2) is 0 Å². The Bertz CT molecular complexity index is 438. The van der Waals surface area contributed by atoms with E-state index in [0.29, 0.717) is 10.6 Å². The van der Waals surface area contributed by atoms with Crippen LogP contribution in [0.3, 0.4) is 0 Å². The monoisotopic (exact) mass is 237 g/mol. The van der Waals surface area contributed by atoms with Crippen LogP contribution in [0.15, 0.2) is 55.2 Å². The fourth-order valence-corrected chi connectivity index (χ4v) is 1.60. The lowest BCUT2D eigenvalue weighted by atomic mass is 9.99. The lowest BCUT2D eigenvalue weighted by Gasteiger charge is -2.14. The van der Waals surface area contributed by atoms with Gasteiger partial charge in [0.2, 0.25) is 0 Å².